The third kappa shape index (κ3) is 7.27. The monoisotopic (exact) mass is 689 g/mol. The summed E-state index contributed by atoms with van der Waals surface area (Å²) in [7, 11) is 0. The molecule has 0 unspecified atom stereocenters. The van der Waals surface area contributed by atoms with Gasteiger partial charge < -0.3 is 9.84 Å². The maximum Gasteiger partial charge on any atom is 0.416 e. The van der Waals surface area contributed by atoms with Crippen LogP contribution in [0.15, 0.2) is 59.5 Å². The summed E-state index contributed by atoms with van der Waals surface area (Å²) < 4.78 is 102. The van der Waals surface area contributed by atoms with Gasteiger partial charge in [-0.1, -0.05) is 12.1 Å². The number of ether oxygens (including phenoxy) is 1. The average molecular weight is 690 g/mol. The molecule has 44 heavy (non-hydrogen) atoms. The summed E-state index contributed by atoms with van der Waals surface area (Å²) in [5, 5.41) is 11.3. The Bertz CT molecular complexity index is 1410. The van der Waals surface area contributed by atoms with Crippen LogP contribution >= 0.6 is 15.9 Å². The average Bonchev–Trinajstić information content (AvgIpc) is 2.97. The molecule has 0 spiro atoms. The highest BCUT2D eigenvalue weighted by Gasteiger charge is 2.42. The molecule has 1 aliphatic heterocycles. The molecule has 2 heterocycles. The Morgan fingerprint density at radius 1 is 0.977 bits per heavy atom. The quantitative estimate of drug-likeness (QED) is 0.265. The largest absolute Gasteiger partial charge is 0.416 e. The van der Waals surface area contributed by atoms with Crippen LogP contribution in [0.25, 0.3) is 0 Å². The van der Waals surface area contributed by atoms with Crippen molar-refractivity contribution >= 4 is 15.9 Å². The van der Waals surface area contributed by atoms with Gasteiger partial charge in [0.25, 0.3) is 0 Å². The summed E-state index contributed by atoms with van der Waals surface area (Å²) in [4.78, 5) is 10.5. The van der Waals surface area contributed by atoms with Crippen molar-refractivity contribution in [3.05, 3.63) is 93.2 Å². The van der Waals surface area contributed by atoms with Crippen molar-refractivity contribution in [1.82, 2.24) is 14.9 Å². The minimum absolute atomic E-state index is 0.102. The summed E-state index contributed by atoms with van der Waals surface area (Å²) in [6.45, 7) is 2.50. The molecule has 5 nitrogen and oxygen atoms in total. The highest BCUT2D eigenvalue weighted by Crippen LogP contribution is 2.43. The van der Waals surface area contributed by atoms with Gasteiger partial charge in [0.1, 0.15) is 17.7 Å². The van der Waals surface area contributed by atoms with E-state index in [0.29, 0.717) is 67.5 Å². The molecule has 3 atom stereocenters. The van der Waals surface area contributed by atoms with Gasteiger partial charge >= 0.3 is 12.4 Å². The summed E-state index contributed by atoms with van der Waals surface area (Å²) in [6.07, 6.45) is -5.82. The zero-order valence-electron chi connectivity index (χ0n) is 23.7. The standard InChI is InChI=1S/C31H31BrF7N3O2/c1-18(20-12-21(30(34,35)36)14-22(13-20)31(37,38)39)44-27-8-11-42(16-25(27)19-2-4-23(33)5-3-19)24-6-9-29(43,10-7-24)28-26(32)15-40-17-41-28/h2-5,12-15,17-18,24-25,27,43H,6-11,16H2,1H3/t18-,24?,25-,27+,29?/m1/s1. The number of aliphatic hydroxyl groups is 1. The maximum atomic E-state index is 13.8. The van der Waals surface area contributed by atoms with Crippen LogP contribution in [0.4, 0.5) is 30.7 Å². The minimum atomic E-state index is -4.96. The van der Waals surface area contributed by atoms with E-state index < -0.39 is 47.1 Å². The molecule has 1 saturated heterocycles. The molecule has 3 aromatic rings. The summed E-state index contributed by atoms with van der Waals surface area (Å²) >= 11 is 3.42. The van der Waals surface area contributed by atoms with Gasteiger partial charge in [0.2, 0.25) is 0 Å². The van der Waals surface area contributed by atoms with Crippen LogP contribution in [-0.4, -0.2) is 45.2 Å². The van der Waals surface area contributed by atoms with Gasteiger partial charge in [-0.25, -0.2) is 14.4 Å². The van der Waals surface area contributed by atoms with E-state index in [1.807, 2.05) is 0 Å². The van der Waals surface area contributed by atoms with E-state index in [0.717, 1.165) is 5.56 Å². The number of rotatable bonds is 6. The molecule has 5 rings (SSSR count). The Kier molecular flexibility index (Phi) is 9.42. The van der Waals surface area contributed by atoms with E-state index in [2.05, 4.69) is 30.8 Å². The summed E-state index contributed by atoms with van der Waals surface area (Å²) in [6, 6.07) is 7.50. The van der Waals surface area contributed by atoms with Crippen molar-refractivity contribution in [2.75, 3.05) is 13.1 Å². The number of aromatic nitrogens is 2. The molecule has 13 heteroatoms. The summed E-state index contributed by atoms with van der Waals surface area (Å²) in [5.74, 6) is -0.755. The van der Waals surface area contributed by atoms with Crippen molar-refractivity contribution < 1.29 is 40.6 Å². The van der Waals surface area contributed by atoms with Crippen molar-refractivity contribution in [2.45, 2.75) is 81.1 Å². The molecule has 238 valence electrons. The van der Waals surface area contributed by atoms with Crippen molar-refractivity contribution in [2.24, 2.45) is 0 Å². The highest BCUT2D eigenvalue weighted by atomic mass is 79.9. The number of piperidine rings is 1. The number of likely N-dealkylation sites (tertiary alicyclic amines) is 1. The Morgan fingerprint density at radius 2 is 1.59 bits per heavy atom. The van der Waals surface area contributed by atoms with Gasteiger partial charge in [0, 0.05) is 31.2 Å². The van der Waals surface area contributed by atoms with Gasteiger partial charge in [-0.15, -0.1) is 0 Å². The molecule has 0 amide bonds. The molecular formula is C31H31BrF7N3O2. The second-order valence-electron chi connectivity index (χ2n) is 11.6. The maximum absolute atomic E-state index is 13.8. The first-order valence-electron chi connectivity index (χ1n) is 14.3. The van der Waals surface area contributed by atoms with Gasteiger partial charge in [-0.05, 0) is 96.4 Å². The van der Waals surface area contributed by atoms with Crippen molar-refractivity contribution in [1.29, 1.82) is 0 Å². The van der Waals surface area contributed by atoms with Crippen LogP contribution in [0.1, 0.15) is 79.0 Å². The lowest BCUT2D eigenvalue weighted by Gasteiger charge is -2.46. The molecule has 1 saturated carbocycles. The number of hydrogen-bond acceptors (Lipinski definition) is 5. The first-order chi connectivity index (χ1) is 20.6. The lowest BCUT2D eigenvalue weighted by molar-refractivity contribution is -0.143. The van der Waals surface area contributed by atoms with Gasteiger partial charge in [0.05, 0.1) is 33.5 Å². The molecule has 1 N–H and O–H groups in total. The molecule has 1 aliphatic carbocycles. The van der Waals surface area contributed by atoms with E-state index in [1.54, 1.807) is 18.3 Å². The zero-order valence-corrected chi connectivity index (χ0v) is 25.3. The molecular weight excluding hydrogens is 659 g/mol. The molecule has 0 radical (unpaired) electrons. The third-order valence-corrected chi connectivity index (χ3v) is 9.32. The predicted octanol–water partition coefficient (Wildman–Crippen LogP) is 8.18. The highest BCUT2D eigenvalue weighted by molar-refractivity contribution is 9.10. The fourth-order valence-corrected chi connectivity index (χ4v) is 6.96. The van der Waals surface area contributed by atoms with Crippen LogP contribution in [-0.2, 0) is 22.7 Å². The lowest BCUT2D eigenvalue weighted by Crippen LogP contribution is -2.50. The number of hydrogen-bond donors (Lipinski definition) is 1. The van der Waals surface area contributed by atoms with Crippen molar-refractivity contribution in [3.8, 4) is 0 Å². The smallest absolute Gasteiger partial charge is 0.384 e. The minimum Gasteiger partial charge on any atom is -0.384 e. The Labute approximate surface area is 258 Å². The number of alkyl halides is 6. The van der Waals surface area contributed by atoms with Crippen LogP contribution < -0.4 is 0 Å². The Hall–Kier alpha value is -2.61. The first kappa shape index (κ1) is 32.8. The lowest BCUT2D eigenvalue weighted by atomic mass is 9.78. The van der Waals surface area contributed by atoms with Crippen LogP contribution in [0.2, 0.25) is 0 Å². The Balaban J connectivity index is 1.35. The van der Waals surface area contributed by atoms with Crippen LogP contribution in [0, 0.1) is 5.82 Å². The van der Waals surface area contributed by atoms with Gasteiger partial charge in [-0.3, -0.25) is 4.90 Å². The summed E-state index contributed by atoms with van der Waals surface area (Å²) in [5.41, 5.74) is -2.83. The number of halogens is 8. The molecule has 2 fully saturated rings. The topological polar surface area (TPSA) is 58.5 Å². The number of benzene rings is 2. The Morgan fingerprint density at radius 3 is 2.16 bits per heavy atom. The fourth-order valence-electron chi connectivity index (χ4n) is 6.37. The second kappa shape index (κ2) is 12.6. The van der Waals surface area contributed by atoms with E-state index in [1.165, 1.54) is 25.4 Å². The van der Waals surface area contributed by atoms with E-state index >= 15 is 0 Å². The second-order valence-corrected chi connectivity index (χ2v) is 12.4. The van der Waals surface area contributed by atoms with Crippen molar-refractivity contribution in [3.63, 3.8) is 0 Å². The van der Waals surface area contributed by atoms with E-state index in [-0.39, 0.29) is 23.6 Å². The molecule has 0 bridgehead atoms. The SMILES string of the molecule is C[C@@H](O[C@H]1CCN(C2CCC(O)(c3ncncc3Br)CC2)C[C@@H]1c1ccc(F)cc1)c1cc(C(F)(F)F)cc(C(F)(F)F)c1. The van der Waals surface area contributed by atoms with E-state index in [9.17, 15) is 35.8 Å². The molecule has 2 aromatic carbocycles. The van der Waals surface area contributed by atoms with Gasteiger partial charge in [0.15, 0.2) is 0 Å². The van der Waals surface area contributed by atoms with E-state index in [4.69, 9.17) is 4.74 Å². The van der Waals surface area contributed by atoms with Gasteiger partial charge in [-0.2, -0.15) is 26.3 Å². The first-order valence-corrected chi connectivity index (χ1v) is 15.1. The predicted molar refractivity (Wildman–Crippen MR) is 151 cm³/mol. The zero-order chi connectivity index (χ0) is 31.9. The fraction of sp³-hybridized carbons (Fsp3) is 0.484. The molecule has 2 aliphatic rings. The molecule has 1 aromatic heterocycles. The number of nitrogens with zero attached hydrogens (tertiary/aromatic N) is 3. The normalized spacial score (nSPS) is 26.0. The third-order valence-electron chi connectivity index (χ3n) is 8.74. The van der Waals surface area contributed by atoms with Crippen LogP contribution in [0.5, 0.6) is 0 Å². The van der Waals surface area contributed by atoms with Crippen LogP contribution in [0.3, 0.4) is 0 Å².